The van der Waals surface area contributed by atoms with E-state index in [2.05, 4.69) is 31.8 Å². The van der Waals surface area contributed by atoms with E-state index in [0.717, 1.165) is 12.3 Å². The van der Waals surface area contributed by atoms with Gasteiger partial charge in [0.2, 0.25) is 0 Å². The molecule has 0 unspecified atom stereocenters. The van der Waals surface area contributed by atoms with Gasteiger partial charge in [0.1, 0.15) is 29.1 Å². The first-order chi connectivity index (χ1) is 23.2. The first-order valence-corrected chi connectivity index (χ1v) is 16.4. The molecule has 2 aliphatic rings. The summed E-state index contributed by atoms with van der Waals surface area (Å²) in [5, 5.41) is 16.0. The van der Waals surface area contributed by atoms with Crippen LogP contribution in [0.5, 0.6) is 5.75 Å². The maximum absolute atomic E-state index is 14.5. The van der Waals surface area contributed by atoms with Crippen LogP contribution in [0.25, 0.3) is 22.2 Å². The summed E-state index contributed by atoms with van der Waals surface area (Å²) in [6.07, 6.45) is 3.50. The fraction of sp³-hybridized carbons (Fsp3) is 0.444. The van der Waals surface area contributed by atoms with Gasteiger partial charge < -0.3 is 14.4 Å². The number of nitrogens with zero attached hydrogens (tertiary/aromatic N) is 7. The number of anilines is 1. The number of likely N-dealkylation sites (tertiary alicyclic amines) is 1. The van der Waals surface area contributed by atoms with E-state index in [1.54, 1.807) is 29.3 Å². The van der Waals surface area contributed by atoms with Crippen LogP contribution in [0.4, 0.5) is 19.3 Å². The van der Waals surface area contributed by atoms with E-state index in [-0.39, 0.29) is 42.8 Å². The van der Waals surface area contributed by atoms with Gasteiger partial charge in [-0.05, 0) is 63.1 Å². The molecular weight excluding hydrogens is 632 g/mol. The van der Waals surface area contributed by atoms with E-state index in [9.17, 15) is 23.6 Å². The minimum atomic E-state index is -0.852. The largest absolute Gasteiger partial charge is 0.482 e. The number of nitriles is 1. The molecule has 2 atom stereocenters. The number of hydrogen-bond acceptors (Lipinski definition) is 8. The second kappa shape index (κ2) is 13.1. The molecule has 0 radical (unpaired) electrons. The van der Waals surface area contributed by atoms with Crippen molar-refractivity contribution in [1.29, 1.82) is 5.26 Å². The molecule has 11 nitrogen and oxygen atoms in total. The van der Waals surface area contributed by atoms with Crippen LogP contribution in [0.2, 0.25) is 0 Å². The zero-order valence-corrected chi connectivity index (χ0v) is 28.5. The van der Waals surface area contributed by atoms with Crippen molar-refractivity contribution in [3.63, 3.8) is 0 Å². The third kappa shape index (κ3) is 6.77. The number of carbonyl (C=O) groups excluding carboxylic acids is 2. The lowest BCUT2D eigenvalue weighted by atomic mass is 9.92. The highest BCUT2D eigenvalue weighted by Crippen LogP contribution is 2.42. The summed E-state index contributed by atoms with van der Waals surface area (Å²) in [6, 6.07) is 8.31. The van der Waals surface area contributed by atoms with Crippen molar-refractivity contribution in [3.8, 4) is 22.9 Å². The van der Waals surface area contributed by atoms with E-state index < -0.39 is 23.1 Å². The van der Waals surface area contributed by atoms with Gasteiger partial charge in [0.25, 0.3) is 5.91 Å². The quantitative estimate of drug-likeness (QED) is 0.225. The lowest BCUT2D eigenvalue weighted by Crippen LogP contribution is -2.45. The van der Waals surface area contributed by atoms with Crippen molar-refractivity contribution >= 4 is 28.7 Å². The average Bonchev–Trinajstić information content (AvgIpc) is 3.44. The number of rotatable bonds is 6. The number of benzene rings is 1. The Morgan fingerprint density at radius 3 is 2.63 bits per heavy atom. The van der Waals surface area contributed by atoms with E-state index in [0.29, 0.717) is 70.8 Å². The van der Waals surface area contributed by atoms with Crippen LogP contribution in [0.15, 0.2) is 36.7 Å². The first kappa shape index (κ1) is 33.8. The molecule has 2 aliphatic heterocycles. The number of carbonyl (C=O) groups is 2. The predicted octanol–water partition coefficient (Wildman–Crippen LogP) is 6.59. The minimum Gasteiger partial charge on any atom is -0.482 e. The van der Waals surface area contributed by atoms with Crippen molar-refractivity contribution in [1.82, 2.24) is 24.6 Å². The summed E-state index contributed by atoms with van der Waals surface area (Å²) in [4.78, 5) is 37.7. The molecule has 0 spiro atoms. The molecule has 49 heavy (non-hydrogen) atoms. The van der Waals surface area contributed by atoms with Gasteiger partial charge in [0.05, 0.1) is 47.6 Å². The van der Waals surface area contributed by atoms with Gasteiger partial charge in [-0.1, -0.05) is 26.8 Å². The fourth-order valence-corrected chi connectivity index (χ4v) is 6.53. The summed E-state index contributed by atoms with van der Waals surface area (Å²) in [6.45, 7) is 12.3. The SMILES string of the molecule is CC(C)Cc1nc2c(cnn2[C@@H]2CCN(C(=O)OC(C)(C)C)C[C@H]2C)c(-c2ccc3c(c2)OCC(=O)N3Cc2ncc(F)cc2F)c1C#N. The molecule has 2 amide bonds. The molecule has 13 heteroatoms. The smallest absolute Gasteiger partial charge is 0.410 e. The second-order valence-corrected chi connectivity index (χ2v) is 14.1. The monoisotopic (exact) mass is 671 g/mol. The topological polar surface area (TPSA) is 126 Å². The molecule has 3 aromatic heterocycles. The molecule has 1 saturated heterocycles. The van der Waals surface area contributed by atoms with Gasteiger partial charge in [-0.2, -0.15) is 10.4 Å². The lowest BCUT2D eigenvalue weighted by molar-refractivity contribution is -0.121. The third-order valence-electron chi connectivity index (χ3n) is 8.74. The fourth-order valence-electron chi connectivity index (χ4n) is 6.53. The summed E-state index contributed by atoms with van der Waals surface area (Å²) in [5.74, 6) is -1.44. The average molecular weight is 672 g/mol. The Morgan fingerprint density at radius 2 is 1.96 bits per heavy atom. The van der Waals surface area contributed by atoms with Crippen LogP contribution in [0, 0.1) is 34.8 Å². The molecular formula is C36H39F2N7O4. The summed E-state index contributed by atoms with van der Waals surface area (Å²) in [5.41, 5.74) is 2.76. The van der Waals surface area contributed by atoms with Gasteiger partial charge in [0.15, 0.2) is 12.3 Å². The normalized spacial score (nSPS) is 18.0. The van der Waals surface area contributed by atoms with Crippen LogP contribution < -0.4 is 9.64 Å². The van der Waals surface area contributed by atoms with Crippen molar-refractivity contribution in [2.45, 2.75) is 72.6 Å². The zero-order valence-electron chi connectivity index (χ0n) is 28.5. The Labute approximate surface area is 283 Å². The van der Waals surface area contributed by atoms with Gasteiger partial charge in [-0.3, -0.25) is 14.7 Å². The number of halogens is 2. The van der Waals surface area contributed by atoms with Crippen molar-refractivity contribution < 1.29 is 27.8 Å². The number of pyridine rings is 2. The maximum atomic E-state index is 14.5. The Morgan fingerprint density at radius 1 is 1.18 bits per heavy atom. The highest BCUT2D eigenvalue weighted by molar-refractivity contribution is 6.00. The molecule has 5 heterocycles. The number of ether oxygens (including phenoxy) is 2. The van der Waals surface area contributed by atoms with E-state index in [4.69, 9.17) is 19.6 Å². The molecule has 0 bridgehead atoms. The molecule has 1 fully saturated rings. The Bertz CT molecular complexity index is 1980. The molecule has 0 N–H and O–H groups in total. The van der Waals surface area contributed by atoms with Gasteiger partial charge in [-0.25, -0.2) is 23.2 Å². The van der Waals surface area contributed by atoms with Gasteiger partial charge in [0, 0.05) is 30.1 Å². The van der Waals surface area contributed by atoms with Gasteiger partial charge in [-0.15, -0.1) is 0 Å². The number of piperidine rings is 1. The van der Waals surface area contributed by atoms with Crippen LogP contribution in [-0.4, -0.2) is 61.9 Å². The Balaban J connectivity index is 1.39. The number of aromatic nitrogens is 4. The summed E-state index contributed by atoms with van der Waals surface area (Å²) in [7, 11) is 0. The molecule has 0 saturated carbocycles. The summed E-state index contributed by atoms with van der Waals surface area (Å²) < 4.78 is 41.3. The van der Waals surface area contributed by atoms with Crippen molar-refractivity contribution in [2.75, 3.05) is 24.6 Å². The van der Waals surface area contributed by atoms with Crippen LogP contribution >= 0.6 is 0 Å². The van der Waals surface area contributed by atoms with E-state index in [1.165, 1.54) is 4.90 Å². The minimum absolute atomic E-state index is 0.0416. The second-order valence-electron chi connectivity index (χ2n) is 14.1. The van der Waals surface area contributed by atoms with E-state index in [1.807, 2.05) is 25.5 Å². The standard InChI is InChI=1S/C36H39F2N7O4/c1-20(2)11-27-24(14-39)33(22-7-8-30-31(12-22)48-19-32(46)44(30)18-28-26(38)13-23(37)15-40-28)25-16-41-45(34(25)42-27)29-9-10-43(17-21(29)3)35(47)49-36(4,5)6/h7-8,12-13,15-16,20-21,29H,9-11,17-19H2,1-6H3/t21-,29-/m1/s1. The van der Waals surface area contributed by atoms with Gasteiger partial charge >= 0.3 is 6.09 Å². The third-order valence-corrected chi connectivity index (χ3v) is 8.74. The summed E-state index contributed by atoms with van der Waals surface area (Å²) >= 11 is 0. The van der Waals surface area contributed by atoms with Crippen LogP contribution in [-0.2, 0) is 22.5 Å². The molecule has 256 valence electrons. The number of fused-ring (bicyclic) bond motifs is 2. The molecule has 0 aliphatic carbocycles. The molecule has 1 aromatic carbocycles. The van der Waals surface area contributed by atoms with Crippen molar-refractivity contribution in [3.05, 3.63) is 65.2 Å². The highest BCUT2D eigenvalue weighted by Gasteiger charge is 2.35. The zero-order chi connectivity index (χ0) is 35.2. The first-order valence-electron chi connectivity index (χ1n) is 16.4. The van der Waals surface area contributed by atoms with Crippen molar-refractivity contribution in [2.24, 2.45) is 11.8 Å². The Hall–Kier alpha value is -5.12. The predicted molar refractivity (Wildman–Crippen MR) is 178 cm³/mol. The lowest BCUT2D eigenvalue weighted by Gasteiger charge is -2.37. The molecule has 6 rings (SSSR count). The maximum Gasteiger partial charge on any atom is 0.410 e. The van der Waals surface area contributed by atoms with Crippen LogP contribution in [0.1, 0.15) is 71.0 Å². The highest BCUT2D eigenvalue weighted by atomic mass is 19.1. The molecule has 4 aromatic rings. The van der Waals surface area contributed by atoms with E-state index >= 15 is 0 Å². The number of amides is 2. The number of hydrogen-bond donors (Lipinski definition) is 0. The Kier molecular flexibility index (Phi) is 9.00. The van der Waals surface area contributed by atoms with Crippen LogP contribution in [0.3, 0.4) is 0 Å².